The summed E-state index contributed by atoms with van der Waals surface area (Å²) in [5, 5.41) is 10.2. The molecule has 0 bridgehead atoms. The van der Waals surface area contributed by atoms with Crippen molar-refractivity contribution in [3.8, 4) is 11.3 Å². The summed E-state index contributed by atoms with van der Waals surface area (Å²) in [6.07, 6.45) is 5.35. The second-order valence-corrected chi connectivity index (χ2v) is 6.89. The van der Waals surface area contributed by atoms with Crippen LogP contribution in [0.3, 0.4) is 0 Å². The van der Waals surface area contributed by atoms with Gasteiger partial charge in [0, 0.05) is 43.7 Å². The summed E-state index contributed by atoms with van der Waals surface area (Å²) < 4.78 is 1.71. The Morgan fingerprint density at radius 2 is 1.93 bits per heavy atom. The summed E-state index contributed by atoms with van der Waals surface area (Å²) in [6.45, 7) is 3.38. The van der Waals surface area contributed by atoms with E-state index in [0.717, 1.165) is 29.1 Å². The lowest BCUT2D eigenvalue weighted by Crippen LogP contribution is -2.31. The van der Waals surface area contributed by atoms with Crippen LogP contribution in [0.5, 0.6) is 0 Å². The van der Waals surface area contributed by atoms with Crippen molar-refractivity contribution < 1.29 is 4.79 Å². The van der Waals surface area contributed by atoms with Crippen molar-refractivity contribution in [1.29, 1.82) is 0 Å². The van der Waals surface area contributed by atoms with E-state index in [1.807, 2.05) is 63.4 Å². The van der Waals surface area contributed by atoms with Gasteiger partial charge in [0.1, 0.15) is 0 Å². The molecule has 1 aromatic carbocycles. The van der Waals surface area contributed by atoms with Gasteiger partial charge in [0.25, 0.3) is 5.91 Å². The predicted octanol–water partition coefficient (Wildman–Crippen LogP) is 2.22. The smallest absolute Gasteiger partial charge is 0.251 e. The molecule has 2 aromatic heterocycles. The van der Waals surface area contributed by atoms with Crippen molar-refractivity contribution in [3.63, 3.8) is 0 Å². The molecule has 1 amide bonds. The number of aromatic nitrogens is 4. The van der Waals surface area contributed by atoms with Gasteiger partial charge in [0.2, 0.25) is 5.95 Å². The molecule has 146 valence electrons. The van der Waals surface area contributed by atoms with Crippen LogP contribution in [0.4, 0.5) is 11.6 Å². The van der Waals surface area contributed by atoms with Crippen molar-refractivity contribution in [2.24, 2.45) is 7.05 Å². The zero-order chi connectivity index (χ0) is 20.1. The van der Waals surface area contributed by atoms with Crippen LogP contribution in [0, 0.1) is 6.92 Å². The molecular weight excluding hydrogens is 354 g/mol. The molecular formula is C20H25N7O. The average Bonchev–Trinajstić information content (AvgIpc) is 3.08. The number of amides is 1. The van der Waals surface area contributed by atoms with Crippen LogP contribution in [0.25, 0.3) is 11.3 Å². The number of aryl methyl sites for hydroxylation is 2. The molecule has 0 atom stereocenters. The Balaban J connectivity index is 1.74. The van der Waals surface area contributed by atoms with Crippen LogP contribution in [0.15, 0.2) is 42.9 Å². The number of carbonyl (C=O) groups is 1. The Kier molecular flexibility index (Phi) is 6.00. The van der Waals surface area contributed by atoms with E-state index in [-0.39, 0.29) is 5.91 Å². The Labute approximate surface area is 164 Å². The van der Waals surface area contributed by atoms with Crippen LogP contribution >= 0.6 is 0 Å². The molecule has 8 heteroatoms. The molecule has 8 nitrogen and oxygen atoms in total. The van der Waals surface area contributed by atoms with Gasteiger partial charge in [-0.3, -0.25) is 9.48 Å². The highest BCUT2D eigenvalue weighted by atomic mass is 16.1. The number of benzene rings is 1. The molecule has 0 unspecified atom stereocenters. The number of likely N-dealkylation sites (N-methyl/N-ethyl adjacent to an activating group) is 1. The normalized spacial score (nSPS) is 10.9. The summed E-state index contributed by atoms with van der Waals surface area (Å²) in [7, 11) is 5.80. The lowest BCUT2D eigenvalue weighted by molar-refractivity contribution is 0.0951. The Bertz CT molecular complexity index is 947. The fourth-order valence-electron chi connectivity index (χ4n) is 2.68. The van der Waals surface area contributed by atoms with Gasteiger partial charge in [0.15, 0.2) is 0 Å². The summed E-state index contributed by atoms with van der Waals surface area (Å²) in [6, 6.07) is 7.44. The molecule has 28 heavy (non-hydrogen) atoms. The first kappa shape index (κ1) is 19.5. The number of hydrogen-bond acceptors (Lipinski definition) is 6. The summed E-state index contributed by atoms with van der Waals surface area (Å²) in [5.74, 6) is 0.422. The van der Waals surface area contributed by atoms with Crippen molar-refractivity contribution >= 4 is 17.5 Å². The van der Waals surface area contributed by atoms with E-state index in [4.69, 9.17) is 0 Å². The quantitative estimate of drug-likeness (QED) is 0.654. The fourth-order valence-corrected chi connectivity index (χ4v) is 2.68. The summed E-state index contributed by atoms with van der Waals surface area (Å²) >= 11 is 0. The maximum Gasteiger partial charge on any atom is 0.251 e. The second-order valence-electron chi connectivity index (χ2n) is 6.89. The average molecular weight is 379 g/mol. The van der Waals surface area contributed by atoms with Gasteiger partial charge in [0.05, 0.1) is 17.6 Å². The number of nitrogens with zero attached hydrogens (tertiary/aromatic N) is 5. The van der Waals surface area contributed by atoms with Gasteiger partial charge in [-0.05, 0) is 38.7 Å². The Hall–Kier alpha value is -3.26. The largest absolute Gasteiger partial charge is 0.351 e. The Morgan fingerprint density at radius 3 is 2.57 bits per heavy atom. The molecule has 0 spiro atoms. The first-order chi connectivity index (χ1) is 13.4. The second kappa shape index (κ2) is 8.62. The van der Waals surface area contributed by atoms with E-state index in [1.165, 1.54) is 0 Å². The van der Waals surface area contributed by atoms with Gasteiger partial charge in [-0.1, -0.05) is 12.1 Å². The minimum absolute atomic E-state index is 0.0771. The van der Waals surface area contributed by atoms with Gasteiger partial charge >= 0.3 is 0 Å². The SMILES string of the molecule is Cc1cnc(Nc2cnn(C)c2)nc1-c1ccc(C(=O)NCCN(C)C)cc1. The third-order valence-electron chi connectivity index (χ3n) is 4.20. The molecule has 0 aliphatic heterocycles. The molecule has 0 aliphatic carbocycles. The lowest BCUT2D eigenvalue weighted by Gasteiger charge is -2.11. The molecule has 0 saturated heterocycles. The molecule has 3 rings (SSSR count). The molecule has 0 aliphatic rings. The Morgan fingerprint density at radius 1 is 1.18 bits per heavy atom. The van der Waals surface area contributed by atoms with E-state index in [9.17, 15) is 4.79 Å². The highest BCUT2D eigenvalue weighted by molar-refractivity contribution is 5.94. The first-order valence-electron chi connectivity index (χ1n) is 9.05. The number of nitrogens with one attached hydrogen (secondary N) is 2. The molecule has 2 N–H and O–H groups in total. The van der Waals surface area contributed by atoms with E-state index in [0.29, 0.717) is 18.1 Å². The lowest BCUT2D eigenvalue weighted by atomic mass is 10.1. The van der Waals surface area contributed by atoms with Crippen LogP contribution in [-0.2, 0) is 7.05 Å². The first-order valence-corrected chi connectivity index (χ1v) is 9.05. The predicted molar refractivity (Wildman–Crippen MR) is 110 cm³/mol. The van der Waals surface area contributed by atoms with Crippen LogP contribution in [0.2, 0.25) is 0 Å². The number of hydrogen-bond donors (Lipinski definition) is 2. The van der Waals surface area contributed by atoms with Crippen LogP contribution in [-0.4, -0.2) is 57.7 Å². The minimum Gasteiger partial charge on any atom is -0.351 e. The monoisotopic (exact) mass is 379 g/mol. The topological polar surface area (TPSA) is 88.0 Å². The van der Waals surface area contributed by atoms with Gasteiger partial charge in [-0.25, -0.2) is 9.97 Å². The fraction of sp³-hybridized carbons (Fsp3) is 0.300. The molecule has 0 radical (unpaired) electrons. The maximum absolute atomic E-state index is 12.2. The third kappa shape index (κ3) is 4.92. The van der Waals surface area contributed by atoms with Crippen molar-refractivity contribution in [3.05, 3.63) is 54.0 Å². The van der Waals surface area contributed by atoms with E-state index >= 15 is 0 Å². The van der Waals surface area contributed by atoms with Gasteiger partial charge in [-0.15, -0.1) is 0 Å². The van der Waals surface area contributed by atoms with E-state index in [1.54, 1.807) is 17.1 Å². The summed E-state index contributed by atoms with van der Waals surface area (Å²) in [5.41, 5.74) is 4.16. The van der Waals surface area contributed by atoms with E-state index in [2.05, 4.69) is 25.7 Å². The van der Waals surface area contributed by atoms with E-state index < -0.39 is 0 Å². The van der Waals surface area contributed by atoms with Gasteiger partial charge < -0.3 is 15.5 Å². The maximum atomic E-state index is 12.2. The highest BCUT2D eigenvalue weighted by Gasteiger charge is 2.10. The zero-order valence-electron chi connectivity index (χ0n) is 16.6. The van der Waals surface area contributed by atoms with Crippen molar-refractivity contribution in [2.75, 3.05) is 32.5 Å². The van der Waals surface area contributed by atoms with Crippen molar-refractivity contribution in [2.45, 2.75) is 6.92 Å². The van der Waals surface area contributed by atoms with Gasteiger partial charge in [-0.2, -0.15) is 5.10 Å². The third-order valence-corrected chi connectivity index (χ3v) is 4.20. The van der Waals surface area contributed by atoms with Crippen molar-refractivity contribution in [1.82, 2.24) is 30.0 Å². The number of carbonyl (C=O) groups excluding carboxylic acids is 1. The summed E-state index contributed by atoms with van der Waals surface area (Å²) in [4.78, 5) is 23.2. The molecule has 2 heterocycles. The highest BCUT2D eigenvalue weighted by Crippen LogP contribution is 2.23. The zero-order valence-corrected chi connectivity index (χ0v) is 16.6. The standard InChI is InChI=1S/C20H25N7O/c1-14-11-22-20(24-17-12-23-27(4)13-17)25-18(14)15-5-7-16(8-6-15)19(28)21-9-10-26(2)3/h5-8,11-13H,9-10H2,1-4H3,(H,21,28)(H,22,24,25). The number of rotatable bonds is 7. The van der Waals surface area contributed by atoms with Crippen LogP contribution < -0.4 is 10.6 Å². The number of anilines is 2. The minimum atomic E-state index is -0.0771. The molecule has 0 fully saturated rings. The molecule has 0 saturated carbocycles. The van der Waals surface area contributed by atoms with Crippen LogP contribution in [0.1, 0.15) is 15.9 Å². The molecule has 3 aromatic rings.